The van der Waals surface area contributed by atoms with Crippen molar-refractivity contribution in [2.45, 2.75) is 19.9 Å². The molecule has 1 N–H and O–H groups in total. The molecule has 102 valence electrons. The predicted octanol–water partition coefficient (Wildman–Crippen LogP) is 2.54. The molecule has 0 fully saturated rings. The van der Waals surface area contributed by atoms with E-state index in [0.29, 0.717) is 23.0 Å². The molecule has 0 amide bonds. The van der Waals surface area contributed by atoms with E-state index in [1.54, 1.807) is 28.4 Å². The van der Waals surface area contributed by atoms with Gasteiger partial charge in [0.1, 0.15) is 0 Å². The second kappa shape index (κ2) is 6.23. The summed E-state index contributed by atoms with van der Waals surface area (Å²) in [4.78, 5) is 0. The summed E-state index contributed by atoms with van der Waals surface area (Å²) >= 11 is 0. The number of anilines is 1. The van der Waals surface area contributed by atoms with Crippen molar-refractivity contribution in [2.75, 3.05) is 33.8 Å². The molecular formula is C13H21NO4. The van der Waals surface area contributed by atoms with E-state index >= 15 is 0 Å². The van der Waals surface area contributed by atoms with Crippen molar-refractivity contribution < 1.29 is 18.9 Å². The number of hydrogen-bond donors (Lipinski definition) is 1. The number of rotatable bonds is 6. The highest BCUT2D eigenvalue weighted by atomic mass is 16.5. The lowest BCUT2D eigenvalue weighted by atomic mass is 10.2. The number of methoxy groups -OCH3 is 4. The van der Waals surface area contributed by atoms with Crippen molar-refractivity contribution in [3.8, 4) is 23.0 Å². The van der Waals surface area contributed by atoms with E-state index in [-0.39, 0.29) is 6.04 Å². The molecule has 0 bridgehead atoms. The van der Waals surface area contributed by atoms with Crippen LogP contribution in [0.5, 0.6) is 23.0 Å². The molecule has 0 aliphatic rings. The average molecular weight is 255 g/mol. The second-order valence-electron chi connectivity index (χ2n) is 4.03. The lowest BCUT2D eigenvalue weighted by Gasteiger charge is -2.20. The standard InChI is InChI=1S/C13H21NO4/c1-8(2)14-9-7-10(15-3)12(17-5)13(18-6)11(9)16-4/h7-8,14H,1-6H3. The number of ether oxygens (including phenoxy) is 4. The van der Waals surface area contributed by atoms with Gasteiger partial charge in [-0.2, -0.15) is 0 Å². The highest BCUT2D eigenvalue weighted by molar-refractivity contribution is 5.73. The molecule has 0 saturated heterocycles. The van der Waals surface area contributed by atoms with Crippen LogP contribution in [0.4, 0.5) is 5.69 Å². The molecule has 1 aromatic carbocycles. The molecular weight excluding hydrogens is 234 g/mol. The van der Waals surface area contributed by atoms with E-state index in [0.717, 1.165) is 5.69 Å². The van der Waals surface area contributed by atoms with Crippen molar-refractivity contribution in [1.82, 2.24) is 0 Å². The van der Waals surface area contributed by atoms with Crippen LogP contribution in [0.3, 0.4) is 0 Å². The van der Waals surface area contributed by atoms with Gasteiger partial charge in [-0.15, -0.1) is 0 Å². The third kappa shape index (κ3) is 2.72. The monoisotopic (exact) mass is 255 g/mol. The van der Waals surface area contributed by atoms with Gasteiger partial charge in [0.25, 0.3) is 0 Å². The largest absolute Gasteiger partial charge is 0.493 e. The van der Waals surface area contributed by atoms with E-state index in [1.165, 1.54) is 0 Å². The molecule has 0 aromatic heterocycles. The average Bonchev–Trinajstić information content (AvgIpc) is 2.36. The van der Waals surface area contributed by atoms with Gasteiger partial charge in [0.05, 0.1) is 34.1 Å². The fourth-order valence-electron chi connectivity index (χ4n) is 1.75. The van der Waals surface area contributed by atoms with Crippen LogP contribution < -0.4 is 24.3 Å². The van der Waals surface area contributed by atoms with Gasteiger partial charge in [-0.25, -0.2) is 0 Å². The molecule has 0 heterocycles. The Labute approximate surface area is 108 Å². The van der Waals surface area contributed by atoms with Gasteiger partial charge in [0.2, 0.25) is 11.5 Å². The quantitative estimate of drug-likeness (QED) is 0.846. The van der Waals surface area contributed by atoms with Gasteiger partial charge < -0.3 is 24.3 Å². The fourth-order valence-corrected chi connectivity index (χ4v) is 1.75. The van der Waals surface area contributed by atoms with Gasteiger partial charge in [0, 0.05) is 12.1 Å². The molecule has 0 aliphatic heterocycles. The van der Waals surface area contributed by atoms with Crippen LogP contribution in [-0.4, -0.2) is 34.5 Å². The van der Waals surface area contributed by atoms with Gasteiger partial charge in [-0.3, -0.25) is 0 Å². The molecule has 1 rings (SSSR count). The van der Waals surface area contributed by atoms with Crippen molar-refractivity contribution in [3.05, 3.63) is 6.07 Å². The van der Waals surface area contributed by atoms with Crippen LogP contribution >= 0.6 is 0 Å². The molecule has 0 radical (unpaired) electrons. The van der Waals surface area contributed by atoms with Crippen molar-refractivity contribution >= 4 is 5.69 Å². The summed E-state index contributed by atoms with van der Waals surface area (Å²) in [5.41, 5.74) is 0.807. The zero-order valence-electron chi connectivity index (χ0n) is 11.8. The van der Waals surface area contributed by atoms with Crippen LogP contribution in [0, 0.1) is 0 Å². The SMILES string of the molecule is COc1cc(NC(C)C)c(OC)c(OC)c1OC. The van der Waals surface area contributed by atoms with E-state index < -0.39 is 0 Å². The first-order chi connectivity index (χ1) is 8.58. The summed E-state index contributed by atoms with van der Waals surface area (Å²) in [5, 5.41) is 3.28. The Kier molecular flexibility index (Phi) is 4.95. The Balaban J connectivity index is 3.42. The van der Waals surface area contributed by atoms with E-state index in [4.69, 9.17) is 18.9 Å². The van der Waals surface area contributed by atoms with Crippen LogP contribution in [-0.2, 0) is 0 Å². The molecule has 0 spiro atoms. The summed E-state index contributed by atoms with van der Waals surface area (Å²) < 4.78 is 21.3. The summed E-state index contributed by atoms with van der Waals surface area (Å²) in [5.74, 6) is 2.23. The molecule has 0 unspecified atom stereocenters. The Morgan fingerprint density at radius 2 is 1.39 bits per heavy atom. The first-order valence-corrected chi connectivity index (χ1v) is 5.72. The molecule has 0 aliphatic carbocycles. The van der Waals surface area contributed by atoms with Gasteiger partial charge in [-0.1, -0.05) is 0 Å². The minimum atomic E-state index is 0.265. The maximum absolute atomic E-state index is 5.39. The van der Waals surface area contributed by atoms with E-state index in [2.05, 4.69) is 5.32 Å². The lowest BCUT2D eigenvalue weighted by molar-refractivity contribution is 0.306. The van der Waals surface area contributed by atoms with Gasteiger partial charge >= 0.3 is 0 Å². The highest BCUT2D eigenvalue weighted by Gasteiger charge is 2.21. The summed E-state index contributed by atoms with van der Waals surface area (Å²) in [6, 6.07) is 2.10. The van der Waals surface area contributed by atoms with Gasteiger partial charge in [-0.05, 0) is 13.8 Å². The maximum atomic E-state index is 5.39. The third-order valence-electron chi connectivity index (χ3n) is 2.43. The molecule has 5 nitrogen and oxygen atoms in total. The second-order valence-corrected chi connectivity index (χ2v) is 4.03. The number of nitrogens with one attached hydrogen (secondary N) is 1. The van der Waals surface area contributed by atoms with Crippen LogP contribution in [0.1, 0.15) is 13.8 Å². The molecule has 0 saturated carbocycles. The number of benzene rings is 1. The molecule has 18 heavy (non-hydrogen) atoms. The van der Waals surface area contributed by atoms with Crippen LogP contribution in [0.2, 0.25) is 0 Å². The normalized spacial score (nSPS) is 10.2. The smallest absolute Gasteiger partial charge is 0.209 e. The Bertz CT molecular complexity index is 404. The Morgan fingerprint density at radius 3 is 1.78 bits per heavy atom. The topological polar surface area (TPSA) is 49.0 Å². The summed E-state index contributed by atoms with van der Waals surface area (Å²) in [6.45, 7) is 4.09. The van der Waals surface area contributed by atoms with Crippen molar-refractivity contribution in [1.29, 1.82) is 0 Å². The van der Waals surface area contributed by atoms with Crippen molar-refractivity contribution in [3.63, 3.8) is 0 Å². The van der Waals surface area contributed by atoms with E-state index in [9.17, 15) is 0 Å². The lowest BCUT2D eigenvalue weighted by Crippen LogP contribution is -2.11. The predicted molar refractivity (Wildman–Crippen MR) is 71.4 cm³/mol. The van der Waals surface area contributed by atoms with Crippen LogP contribution in [0.25, 0.3) is 0 Å². The Hall–Kier alpha value is -1.78. The number of hydrogen-bond acceptors (Lipinski definition) is 5. The van der Waals surface area contributed by atoms with E-state index in [1.807, 2.05) is 19.9 Å². The highest BCUT2D eigenvalue weighted by Crippen LogP contribution is 2.49. The van der Waals surface area contributed by atoms with Crippen molar-refractivity contribution in [2.24, 2.45) is 0 Å². The molecule has 5 heteroatoms. The molecule has 0 atom stereocenters. The zero-order valence-corrected chi connectivity index (χ0v) is 11.8. The summed E-state index contributed by atoms with van der Waals surface area (Å²) in [6.07, 6.45) is 0. The van der Waals surface area contributed by atoms with Crippen LogP contribution in [0.15, 0.2) is 6.07 Å². The first kappa shape index (κ1) is 14.3. The Morgan fingerprint density at radius 1 is 0.833 bits per heavy atom. The summed E-state index contributed by atoms with van der Waals surface area (Å²) in [7, 11) is 6.31. The molecule has 1 aromatic rings. The van der Waals surface area contributed by atoms with Gasteiger partial charge in [0.15, 0.2) is 11.5 Å². The first-order valence-electron chi connectivity index (χ1n) is 5.72. The minimum absolute atomic E-state index is 0.265. The minimum Gasteiger partial charge on any atom is -0.493 e. The fraction of sp³-hybridized carbons (Fsp3) is 0.538. The zero-order chi connectivity index (χ0) is 13.7. The third-order valence-corrected chi connectivity index (χ3v) is 2.43. The maximum Gasteiger partial charge on any atom is 0.209 e.